The summed E-state index contributed by atoms with van der Waals surface area (Å²) < 4.78 is 9.60. The van der Waals surface area contributed by atoms with Crippen LogP contribution in [-0.4, -0.2) is 36.1 Å². The van der Waals surface area contributed by atoms with Crippen LogP contribution in [0.5, 0.6) is 0 Å². The average Bonchev–Trinajstić information content (AvgIpc) is 2.66. The molecule has 0 fully saturated rings. The number of carbonyl (C=O) groups is 2. The summed E-state index contributed by atoms with van der Waals surface area (Å²) in [6.07, 6.45) is 0.255. The summed E-state index contributed by atoms with van der Waals surface area (Å²) in [4.78, 5) is 43.9. The van der Waals surface area contributed by atoms with Gasteiger partial charge >= 0.3 is 11.9 Å². The van der Waals surface area contributed by atoms with Crippen molar-refractivity contribution in [1.82, 2.24) is 9.97 Å². The van der Waals surface area contributed by atoms with Crippen molar-refractivity contribution < 1.29 is 19.1 Å². The van der Waals surface area contributed by atoms with Gasteiger partial charge in [0.05, 0.1) is 31.7 Å². The number of hydrogen-bond acceptors (Lipinski definition) is 6. The Kier molecular flexibility index (Phi) is 4.65. The highest BCUT2D eigenvalue weighted by Crippen LogP contribution is 2.30. The van der Waals surface area contributed by atoms with Crippen molar-refractivity contribution in [2.75, 3.05) is 14.2 Å². The molecule has 0 saturated heterocycles. The van der Waals surface area contributed by atoms with E-state index >= 15 is 0 Å². The number of carbonyl (C=O) groups excluding carboxylic acids is 2. The van der Waals surface area contributed by atoms with E-state index in [9.17, 15) is 14.4 Å². The summed E-state index contributed by atoms with van der Waals surface area (Å²) in [6.45, 7) is 0. The van der Waals surface area contributed by atoms with E-state index in [0.29, 0.717) is 17.1 Å². The van der Waals surface area contributed by atoms with Crippen LogP contribution >= 0.6 is 0 Å². The van der Waals surface area contributed by atoms with Crippen molar-refractivity contribution in [2.24, 2.45) is 11.8 Å². The van der Waals surface area contributed by atoms with Gasteiger partial charge in [-0.2, -0.15) is 0 Å². The molecule has 0 saturated carbocycles. The molecule has 25 heavy (non-hydrogen) atoms. The first kappa shape index (κ1) is 16.9. The van der Waals surface area contributed by atoms with Gasteiger partial charge in [0.25, 0.3) is 5.56 Å². The Morgan fingerprint density at radius 2 is 1.64 bits per heavy atom. The predicted molar refractivity (Wildman–Crippen MR) is 88.7 cm³/mol. The molecule has 1 heterocycles. The van der Waals surface area contributed by atoms with E-state index in [1.54, 1.807) is 0 Å². The number of nitrogens with zero attached hydrogens (tertiary/aromatic N) is 1. The molecule has 3 rings (SSSR count). The van der Waals surface area contributed by atoms with E-state index in [1.165, 1.54) is 14.2 Å². The Bertz CT molecular complexity index is 860. The number of rotatable bonds is 3. The second kappa shape index (κ2) is 6.88. The molecule has 7 nitrogen and oxygen atoms in total. The number of ether oxygens (including phenoxy) is 2. The second-order valence-electron chi connectivity index (χ2n) is 5.87. The molecule has 7 heteroatoms. The number of esters is 2. The van der Waals surface area contributed by atoms with Crippen LogP contribution in [0.25, 0.3) is 11.4 Å². The average molecular weight is 342 g/mol. The minimum atomic E-state index is -0.754. The van der Waals surface area contributed by atoms with Crippen molar-refractivity contribution in [3.05, 3.63) is 51.9 Å². The van der Waals surface area contributed by atoms with Gasteiger partial charge in [0, 0.05) is 17.5 Å². The highest BCUT2D eigenvalue weighted by Gasteiger charge is 2.41. The van der Waals surface area contributed by atoms with Crippen LogP contribution in [0.1, 0.15) is 11.3 Å². The quantitative estimate of drug-likeness (QED) is 0.839. The summed E-state index contributed by atoms with van der Waals surface area (Å²) >= 11 is 0. The maximum absolute atomic E-state index is 12.5. The number of methoxy groups -OCH3 is 2. The molecule has 1 aliphatic rings. The van der Waals surface area contributed by atoms with Gasteiger partial charge in [0.2, 0.25) is 0 Å². The van der Waals surface area contributed by atoms with E-state index in [2.05, 4.69) is 9.97 Å². The van der Waals surface area contributed by atoms with E-state index in [4.69, 9.17) is 9.47 Å². The fourth-order valence-corrected chi connectivity index (χ4v) is 3.17. The van der Waals surface area contributed by atoms with Crippen LogP contribution in [0.15, 0.2) is 35.1 Å². The Morgan fingerprint density at radius 1 is 1.04 bits per heavy atom. The number of aromatic nitrogens is 2. The Labute approximate surface area is 144 Å². The first-order valence-corrected chi connectivity index (χ1v) is 7.88. The summed E-state index contributed by atoms with van der Waals surface area (Å²) in [5.74, 6) is -2.08. The van der Waals surface area contributed by atoms with Crippen LogP contribution in [0.2, 0.25) is 0 Å². The zero-order valence-electron chi connectivity index (χ0n) is 13.9. The van der Waals surface area contributed by atoms with Gasteiger partial charge in [-0.05, 0) is 6.42 Å². The van der Waals surface area contributed by atoms with Gasteiger partial charge in [0.15, 0.2) is 0 Å². The zero-order chi connectivity index (χ0) is 18.0. The summed E-state index contributed by atoms with van der Waals surface area (Å²) in [7, 11) is 2.53. The standard InChI is InChI=1S/C18H18N2O5/c1-24-17(22)11-8-13-14(9-12(11)18(23)25-2)19-15(20-16(13)21)10-6-4-3-5-7-10/h3-7,11-12H,8-9H2,1-2H3,(H,19,20,21)/t11-,12-/m1/s1. The lowest BCUT2D eigenvalue weighted by atomic mass is 9.78. The predicted octanol–water partition coefficient (Wildman–Crippen LogP) is 1.11. The maximum atomic E-state index is 12.5. The number of aromatic amines is 1. The molecule has 0 spiro atoms. The molecule has 130 valence electrons. The number of benzene rings is 1. The number of H-pyrrole nitrogens is 1. The third-order valence-corrected chi connectivity index (χ3v) is 4.48. The van der Waals surface area contributed by atoms with Crippen molar-refractivity contribution in [3.8, 4) is 11.4 Å². The highest BCUT2D eigenvalue weighted by molar-refractivity contribution is 5.83. The molecule has 0 aliphatic heterocycles. The normalized spacial score (nSPS) is 19.0. The van der Waals surface area contributed by atoms with Crippen molar-refractivity contribution in [1.29, 1.82) is 0 Å². The molecule has 1 aromatic carbocycles. The van der Waals surface area contributed by atoms with E-state index in [0.717, 1.165) is 5.56 Å². The topological polar surface area (TPSA) is 98.4 Å². The molecule has 2 aromatic rings. The van der Waals surface area contributed by atoms with Crippen LogP contribution in [0.3, 0.4) is 0 Å². The van der Waals surface area contributed by atoms with Crippen molar-refractivity contribution >= 4 is 11.9 Å². The molecule has 1 aromatic heterocycles. The van der Waals surface area contributed by atoms with Gasteiger partial charge in [0.1, 0.15) is 5.82 Å². The third-order valence-electron chi connectivity index (χ3n) is 4.48. The van der Waals surface area contributed by atoms with Gasteiger partial charge < -0.3 is 14.5 Å². The molecule has 1 N–H and O–H groups in total. The highest BCUT2D eigenvalue weighted by atomic mass is 16.5. The SMILES string of the molecule is COC(=O)[C@@H]1Cc2nc(-c3ccccc3)[nH]c(=O)c2C[C@H]1C(=O)OC. The first-order valence-electron chi connectivity index (χ1n) is 7.88. The Hall–Kier alpha value is -2.96. The molecule has 0 amide bonds. The minimum Gasteiger partial charge on any atom is -0.469 e. The largest absolute Gasteiger partial charge is 0.469 e. The second-order valence-corrected chi connectivity index (χ2v) is 5.87. The molecule has 0 bridgehead atoms. The molecular formula is C18H18N2O5. The number of fused-ring (bicyclic) bond motifs is 1. The lowest BCUT2D eigenvalue weighted by Crippen LogP contribution is -2.40. The van der Waals surface area contributed by atoms with Crippen molar-refractivity contribution in [3.63, 3.8) is 0 Å². The molecule has 0 unspecified atom stereocenters. The van der Waals surface area contributed by atoms with E-state index in [1.807, 2.05) is 30.3 Å². The van der Waals surface area contributed by atoms with Gasteiger partial charge in [-0.1, -0.05) is 30.3 Å². The molecule has 0 radical (unpaired) electrons. The van der Waals surface area contributed by atoms with Crippen LogP contribution < -0.4 is 5.56 Å². The number of hydrogen-bond donors (Lipinski definition) is 1. The minimum absolute atomic E-state index is 0.0964. The van der Waals surface area contributed by atoms with Crippen LogP contribution in [0, 0.1) is 11.8 Å². The monoisotopic (exact) mass is 342 g/mol. The zero-order valence-corrected chi connectivity index (χ0v) is 13.9. The molecule has 1 aliphatic carbocycles. The Morgan fingerprint density at radius 3 is 2.24 bits per heavy atom. The molecule has 2 atom stereocenters. The van der Waals surface area contributed by atoms with Gasteiger partial charge in [-0.3, -0.25) is 14.4 Å². The fraction of sp³-hybridized carbons (Fsp3) is 0.333. The fourth-order valence-electron chi connectivity index (χ4n) is 3.17. The van der Waals surface area contributed by atoms with Crippen molar-refractivity contribution in [2.45, 2.75) is 12.8 Å². The van der Waals surface area contributed by atoms with Crippen LogP contribution in [-0.2, 0) is 31.9 Å². The summed E-state index contributed by atoms with van der Waals surface area (Å²) in [5.41, 5.74) is 1.39. The Balaban J connectivity index is 2.06. The lowest BCUT2D eigenvalue weighted by Gasteiger charge is -2.28. The van der Waals surface area contributed by atoms with Crippen LogP contribution in [0.4, 0.5) is 0 Å². The summed E-state index contributed by atoms with van der Waals surface area (Å²) in [5, 5.41) is 0. The first-order chi connectivity index (χ1) is 12.0. The summed E-state index contributed by atoms with van der Waals surface area (Å²) in [6, 6.07) is 9.23. The third kappa shape index (κ3) is 3.17. The number of nitrogens with one attached hydrogen (secondary N) is 1. The van der Waals surface area contributed by atoms with Gasteiger partial charge in [-0.25, -0.2) is 4.98 Å². The van der Waals surface area contributed by atoms with E-state index in [-0.39, 0.29) is 18.4 Å². The van der Waals surface area contributed by atoms with E-state index < -0.39 is 23.8 Å². The smallest absolute Gasteiger partial charge is 0.309 e. The lowest BCUT2D eigenvalue weighted by molar-refractivity contribution is -0.158. The maximum Gasteiger partial charge on any atom is 0.309 e. The molecular weight excluding hydrogens is 324 g/mol. The van der Waals surface area contributed by atoms with Gasteiger partial charge in [-0.15, -0.1) is 0 Å².